The standard InChI is InChI=1S/C29H32FN5O4S/c1-18-3-6-21(30)15-24(18)40(37,38)29(11-12-29)25-16-26(35-13-14-39-17-19(35)2)34-27(33-25)20-4-7-22(8-5-20)31-28(36)32-23-9-10-23/h3-8,15-16,19,23H,9-14,17H2,1-2H3,(H2,31,32,36)/t19-/m0/s1. The van der Waals surface area contributed by atoms with E-state index in [-0.39, 0.29) is 23.0 Å². The lowest BCUT2D eigenvalue weighted by atomic mass is 10.1. The number of halogens is 1. The minimum absolute atomic E-state index is 0.00801. The quantitative estimate of drug-likeness (QED) is 0.432. The summed E-state index contributed by atoms with van der Waals surface area (Å²) in [5.74, 6) is 0.419. The van der Waals surface area contributed by atoms with Crippen LogP contribution < -0.4 is 15.5 Å². The predicted octanol–water partition coefficient (Wildman–Crippen LogP) is 4.56. The zero-order valence-electron chi connectivity index (χ0n) is 22.5. The number of nitrogens with one attached hydrogen (secondary N) is 2. The number of carbonyl (C=O) groups is 1. The molecule has 2 N–H and O–H groups in total. The van der Waals surface area contributed by atoms with E-state index in [2.05, 4.69) is 15.5 Å². The Bertz CT molecular complexity index is 1560. The summed E-state index contributed by atoms with van der Waals surface area (Å²) in [5, 5.41) is 5.72. The molecule has 1 aromatic heterocycles. The van der Waals surface area contributed by atoms with Crippen LogP contribution in [0, 0.1) is 12.7 Å². The van der Waals surface area contributed by atoms with Gasteiger partial charge in [0.25, 0.3) is 0 Å². The Balaban J connectivity index is 1.39. The van der Waals surface area contributed by atoms with Crippen LogP contribution in [-0.2, 0) is 19.3 Å². The second-order valence-electron chi connectivity index (χ2n) is 10.9. The number of hydrogen-bond acceptors (Lipinski definition) is 7. The highest BCUT2D eigenvalue weighted by molar-refractivity contribution is 7.92. The zero-order valence-corrected chi connectivity index (χ0v) is 23.3. The number of morpholine rings is 1. The number of nitrogens with zero attached hydrogens (tertiary/aromatic N) is 3. The number of sulfone groups is 1. The molecule has 2 heterocycles. The molecule has 2 aromatic carbocycles. The van der Waals surface area contributed by atoms with Crippen LogP contribution in [0.4, 0.5) is 20.7 Å². The number of ether oxygens (including phenoxy) is 1. The van der Waals surface area contributed by atoms with E-state index in [0.29, 0.717) is 66.8 Å². The van der Waals surface area contributed by atoms with Gasteiger partial charge in [0.15, 0.2) is 15.7 Å². The number of amides is 2. The minimum atomic E-state index is -3.95. The Morgan fingerprint density at radius 1 is 1.10 bits per heavy atom. The van der Waals surface area contributed by atoms with E-state index in [1.807, 2.05) is 19.1 Å². The molecule has 40 heavy (non-hydrogen) atoms. The molecule has 1 saturated heterocycles. The highest BCUT2D eigenvalue weighted by atomic mass is 32.2. The van der Waals surface area contributed by atoms with Crippen molar-refractivity contribution in [2.75, 3.05) is 30.0 Å². The van der Waals surface area contributed by atoms with Crippen LogP contribution in [-0.4, -0.2) is 56.3 Å². The number of benzene rings is 2. The van der Waals surface area contributed by atoms with Crippen molar-refractivity contribution in [3.63, 3.8) is 0 Å². The molecule has 0 radical (unpaired) electrons. The summed E-state index contributed by atoms with van der Waals surface area (Å²) in [6.07, 6.45) is 2.78. The first-order valence-electron chi connectivity index (χ1n) is 13.6. The first-order valence-corrected chi connectivity index (χ1v) is 15.1. The molecule has 2 aliphatic carbocycles. The molecule has 3 fully saturated rings. The number of rotatable bonds is 7. The van der Waals surface area contributed by atoms with Gasteiger partial charge in [-0.25, -0.2) is 27.6 Å². The van der Waals surface area contributed by atoms with Gasteiger partial charge >= 0.3 is 6.03 Å². The van der Waals surface area contributed by atoms with Gasteiger partial charge in [-0.1, -0.05) is 6.07 Å². The molecule has 1 aliphatic heterocycles. The van der Waals surface area contributed by atoms with E-state index in [1.54, 1.807) is 25.1 Å². The maximum absolute atomic E-state index is 14.2. The zero-order chi connectivity index (χ0) is 28.1. The molecule has 0 unspecified atom stereocenters. The van der Waals surface area contributed by atoms with E-state index >= 15 is 0 Å². The third-order valence-corrected chi connectivity index (χ3v) is 10.5. The number of hydrogen-bond donors (Lipinski definition) is 2. The lowest BCUT2D eigenvalue weighted by Crippen LogP contribution is -2.44. The smallest absolute Gasteiger partial charge is 0.319 e. The lowest BCUT2D eigenvalue weighted by molar-refractivity contribution is 0.0985. The first kappa shape index (κ1) is 26.6. The number of anilines is 2. The Morgan fingerprint density at radius 2 is 1.85 bits per heavy atom. The highest BCUT2D eigenvalue weighted by Crippen LogP contribution is 2.55. The second kappa shape index (κ2) is 10.1. The van der Waals surface area contributed by atoms with Crippen LogP contribution in [0.3, 0.4) is 0 Å². The lowest BCUT2D eigenvalue weighted by Gasteiger charge is -2.34. The fraction of sp³-hybridized carbons (Fsp3) is 0.414. The van der Waals surface area contributed by atoms with Crippen molar-refractivity contribution in [3.05, 3.63) is 65.6 Å². The van der Waals surface area contributed by atoms with Gasteiger partial charge in [0.05, 0.1) is 29.8 Å². The summed E-state index contributed by atoms with van der Waals surface area (Å²) in [5.41, 5.74) is 2.22. The SMILES string of the molecule is Cc1ccc(F)cc1S(=O)(=O)C1(c2cc(N3CCOC[C@@H]3C)nc(-c3ccc(NC(=O)NC4CC4)cc3)n2)CC1. The topological polar surface area (TPSA) is 114 Å². The molecule has 1 atom stereocenters. The van der Waals surface area contributed by atoms with Crippen LogP contribution in [0.25, 0.3) is 11.4 Å². The van der Waals surface area contributed by atoms with Crippen molar-refractivity contribution < 1.29 is 22.3 Å². The van der Waals surface area contributed by atoms with E-state index in [9.17, 15) is 17.6 Å². The van der Waals surface area contributed by atoms with Gasteiger partial charge < -0.3 is 20.3 Å². The Labute approximate surface area is 233 Å². The largest absolute Gasteiger partial charge is 0.377 e. The van der Waals surface area contributed by atoms with Gasteiger partial charge in [-0.05, 0) is 81.5 Å². The molecule has 3 aromatic rings. The van der Waals surface area contributed by atoms with Crippen LogP contribution in [0.5, 0.6) is 0 Å². The van der Waals surface area contributed by atoms with Gasteiger partial charge in [-0.15, -0.1) is 0 Å². The molecule has 0 bridgehead atoms. The summed E-state index contributed by atoms with van der Waals surface area (Å²) in [4.78, 5) is 23.9. The van der Waals surface area contributed by atoms with E-state index < -0.39 is 20.4 Å². The molecule has 11 heteroatoms. The monoisotopic (exact) mass is 565 g/mol. The summed E-state index contributed by atoms with van der Waals surface area (Å²) in [6.45, 7) is 5.39. The minimum Gasteiger partial charge on any atom is -0.377 e. The van der Waals surface area contributed by atoms with Crippen LogP contribution >= 0.6 is 0 Å². The average molecular weight is 566 g/mol. The Morgan fingerprint density at radius 3 is 2.52 bits per heavy atom. The number of aromatic nitrogens is 2. The van der Waals surface area contributed by atoms with Crippen molar-refractivity contribution in [2.45, 2.75) is 61.3 Å². The molecule has 2 saturated carbocycles. The maximum Gasteiger partial charge on any atom is 0.319 e. The summed E-state index contributed by atoms with van der Waals surface area (Å²) in [7, 11) is -3.95. The van der Waals surface area contributed by atoms with E-state index in [4.69, 9.17) is 14.7 Å². The third-order valence-electron chi connectivity index (χ3n) is 7.81. The molecule has 6 rings (SSSR count). The van der Waals surface area contributed by atoms with Crippen molar-refractivity contribution in [3.8, 4) is 11.4 Å². The predicted molar refractivity (Wildman–Crippen MR) is 150 cm³/mol. The Kier molecular flexibility index (Phi) is 6.74. The van der Waals surface area contributed by atoms with Crippen molar-refractivity contribution in [2.24, 2.45) is 0 Å². The summed E-state index contributed by atoms with van der Waals surface area (Å²) in [6, 6.07) is 12.8. The fourth-order valence-corrected chi connectivity index (χ4v) is 7.34. The van der Waals surface area contributed by atoms with Crippen LogP contribution in [0.1, 0.15) is 43.9 Å². The molecule has 0 spiro atoms. The number of aryl methyl sites for hydroxylation is 1. The second-order valence-corrected chi connectivity index (χ2v) is 13.1. The molecule has 9 nitrogen and oxygen atoms in total. The van der Waals surface area contributed by atoms with Crippen molar-refractivity contribution in [1.29, 1.82) is 0 Å². The molecule has 2 amide bonds. The van der Waals surface area contributed by atoms with Crippen LogP contribution in [0.2, 0.25) is 0 Å². The van der Waals surface area contributed by atoms with Gasteiger partial charge in [0.1, 0.15) is 16.4 Å². The number of urea groups is 1. The molecule has 3 aliphatic rings. The average Bonchev–Trinajstić information content (AvgIpc) is 3.86. The molecular weight excluding hydrogens is 533 g/mol. The van der Waals surface area contributed by atoms with Crippen molar-refractivity contribution >= 4 is 27.4 Å². The molecular formula is C29H32FN5O4S. The van der Waals surface area contributed by atoms with Gasteiger partial charge in [-0.2, -0.15) is 0 Å². The van der Waals surface area contributed by atoms with Gasteiger partial charge in [-0.3, -0.25) is 0 Å². The normalized spacial score (nSPS) is 20.2. The van der Waals surface area contributed by atoms with E-state index in [1.165, 1.54) is 12.1 Å². The number of carbonyl (C=O) groups excluding carboxylic acids is 1. The maximum atomic E-state index is 14.2. The van der Waals surface area contributed by atoms with Gasteiger partial charge in [0.2, 0.25) is 0 Å². The fourth-order valence-electron chi connectivity index (χ4n) is 5.14. The first-order chi connectivity index (χ1) is 19.2. The molecule has 210 valence electrons. The van der Waals surface area contributed by atoms with E-state index in [0.717, 1.165) is 18.9 Å². The third kappa shape index (κ3) is 5.03. The van der Waals surface area contributed by atoms with Gasteiger partial charge in [0, 0.05) is 29.9 Å². The Hall–Kier alpha value is -3.57. The van der Waals surface area contributed by atoms with Crippen molar-refractivity contribution in [1.82, 2.24) is 15.3 Å². The summed E-state index contributed by atoms with van der Waals surface area (Å²) >= 11 is 0. The summed E-state index contributed by atoms with van der Waals surface area (Å²) < 4.78 is 46.5. The van der Waals surface area contributed by atoms with Crippen LogP contribution in [0.15, 0.2) is 53.4 Å². The highest BCUT2D eigenvalue weighted by Gasteiger charge is 2.58.